The summed E-state index contributed by atoms with van der Waals surface area (Å²) in [6, 6.07) is 0. The zero-order chi connectivity index (χ0) is 9.31. The number of hydrogen-bond donors (Lipinski definition) is 2. The lowest BCUT2D eigenvalue weighted by molar-refractivity contribution is -0.0115. The van der Waals surface area contributed by atoms with Crippen LogP contribution in [0, 0.1) is 11.8 Å². The van der Waals surface area contributed by atoms with Crippen molar-refractivity contribution in [3.8, 4) is 0 Å². The van der Waals surface area contributed by atoms with E-state index in [0.717, 1.165) is 31.8 Å². The number of hydrogen-bond acceptors (Lipinski definition) is 2. The standard InChI is InChI=1S/C11H21NO/c1-2-5-12-8-11(13)7-9-3-4-10(11)6-9/h9-10,12-13H,2-8H2,1H3. The second-order valence-corrected chi connectivity index (χ2v) is 4.86. The molecule has 3 unspecified atom stereocenters. The van der Waals surface area contributed by atoms with Gasteiger partial charge in [0, 0.05) is 6.54 Å². The van der Waals surface area contributed by atoms with Gasteiger partial charge < -0.3 is 10.4 Å². The molecule has 0 spiro atoms. The summed E-state index contributed by atoms with van der Waals surface area (Å²) in [7, 11) is 0. The third kappa shape index (κ3) is 1.75. The smallest absolute Gasteiger partial charge is 0.0802 e. The van der Waals surface area contributed by atoms with Crippen LogP contribution in [0.1, 0.15) is 39.0 Å². The average molecular weight is 183 g/mol. The summed E-state index contributed by atoms with van der Waals surface area (Å²) >= 11 is 0. The molecule has 0 saturated heterocycles. The fourth-order valence-electron chi connectivity index (χ4n) is 3.11. The lowest BCUT2D eigenvalue weighted by Crippen LogP contribution is -2.45. The van der Waals surface area contributed by atoms with Crippen LogP contribution in [-0.4, -0.2) is 23.8 Å². The van der Waals surface area contributed by atoms with Gasteiger partial charge in [-0.1, -0.05) is 6.92 Å². The van der Waals surface area contributed by atoms with Gasteiger partial charge in [0.1, 0.15) is 0 Å². The minimum absolute atomic E-state index is 0.349. The van der Waals surface area contributed by atoms with Gasteiger partial charge in [0.25, 0.3) is 0 Å². The van der Waals surface area contributed by atoms with Crippen molar-refractivity contribution in [3.05, 3.63) is 0 Å². The molecule has 2 N–H and O–H groups in total. The monoisotopic (exact) mass is 183 g/mol. The molecule has 0 aromatic rings. The van der Waals surface area contributed by atoms with E-state index in [2.05, 4.69) is 12.2 Å². The van der Waals surface area contributed by atoms with Crippen LogP contribution in [0.3, 0.4) is 0 Å². The van der Waals surface area contributed by atoms with Crippen LogP contribution in [0.25, 0.3) is 0 Å². The van der Waals surface area contributed by atoms with Gasteiger partial charge in [-0.15, -0.1) is 0 Å². The molecule has 2 saturated carbocycles. The molecule has 0 radical (unpaired) electrons. The van der Waals surface area contributed by atoms with Crippen molar-refractivity contribution in [2.45, 2.75) is 44.6 Å². The van der Waals surface area contributed by atoms with Crippen molar-refractivity contribution in [1.29, 1.82) is 0 Å². The van der Waals surface area contributed by atoms with Crippen LogP contribution in [0.4, 0.5) is 0 Å². The molecule has 2 bridgehead atoms. The Morgan fingerprint density at radius 3 is 2.85 bits per heavy atom. The molecule has 76 valence electrons. The average Bonchev–Trinajstić information content (AvgIpc) is 2.64. The summed E-state index contributed by atoms with van der Waals surface area (Å²) < 4.78 is 0. The van der Waals surface area contributed by atoms with Gasteiger partial charge in [0.15, 0.2) is 0 Å². The summed E-state index contributed by atoms with van der Waals surface area (Å²) in [6.07, 6.45) is 6.11. The van der Waals surface area contributed by atoms with Crippen LogP contribution < -0.4 is 5.32 Å². The van der Waals surface area contributed by atoms with Gasteiger partial charge >= 0.3 is 0 Å². The zero-order valence-corrected chi connectivity index (χ0v) is 8.55. The van der Waals surface area contributed by atoms with Gasteiger partial charge in [0.05, 0.1) is 5.60 Å². The maximum Gasteiger partial charge on any atom is 0.0802 e. The SMILES string of the molecule is CCCNCC1(O)CC2CCC1C2. The molecule has 2 fully saturated rings. The molecule has 2 nitrogen and oxygen atoms in total. The second kappa shape index (κ2) is 3.58. The summed E-state index contributed by atoms with van der Waals surface area (Å²) in [6.45, 7) is 4.03. The molecule has 0 amide bonds. The van der Waals surface area contributed by atoms with Crippen molar-refractivity contribution in [1.82, 2.24) is 5.32 Å². The molecule has 0 aromatic heterocycles. The molecular formula is C11H21NO. The van der Waals surface area contributed by atoms with Gasteiger partial charge in [-0.3, -0.25) is 0 Å². The number of rotatable bonds is 4. The Bertz CT molecular complexity index is 183. The lowest BCUT2D eigenvalue weighted by Gasteiger charge is -2.32. The molecule has 0 heterocycles. The zero-order valence-electron chi connectivity index (χ0n) is 8.55. The first-order valence-electron chi connectivity index (χ1n) is 5.67. The second-order valence-electron chi connectivity index (χ2n) is 4.86. The summed E-state index contributed by atoms with van der Waals surface area (Å²) in [5.41, 5.74) is -0.349. The maximum atomic E-state index is 10.3. The predicted octanol–water partition coefficient (Wildman–Crippen LogP) is 1.54. The normalized spacial score (nSPS) is 42.9. The lowest BCUT2D eigenvalue weighted by atomic mass is 9.84. The largest absolute Gasteiger partial charge is 0.388 e. The highest BCUT2D eigenvalue weighted by Crippen LogP contribution is 2.50. The van der Waals surface area contributed by atoms with Crippen molar-refractivity contribution in [2.24, 2.45) is 11.8 Å². The Morgan fingerprint density at radius 1 is 1.46 bits per heavy atom. The van der Waals surface area contributed by atoms with Crippen LogP contribution in [0.15, 0.2) is 0 Å². The topological polar surface area (TPSA) is 32.3 Å². The fraction of sp³-hybridized carbons (Fsp3) is 1.00. The molecule has 0 aliphatic heterocycles. The molecule has 2 heteroatoms. The quantitative estimate of drug-likeness (QED) is 0.648. The summed E-state index contributed by atoms with van der Waals surface area (Å²) in [5.74, 6) is 1.43. The third-order valence-corrected chi connectivity index (χ3v) is 3.80. The van der Waals surface area contributed by atoms with Gasteiger partial charge in [-0.2, -0.15) is 0 Å². The summed E-state index contributed by atoms with van der Waals surface area (Å²) in [4.78, 5) is 0. The van der Waals surface area contributed by atoms with E-state index in [1.54, 1.807) is 0 Å². The van der Waals surface area contributed by atoms with E-state index in [1.165, 1.54) is 19.3 Å². The first-order valence-corrected chi connectivity index (χ1v) is 5.67. The van der Waals surface area contributed by atoms with E-state index in [9.17, 15) is 5.11 Å². The maximum absolute atomic E-state index is 10.3. The molecule has 0 aromatic carbocycles. The third-order valence-electron chi connectivity index (χ3n) is 3.80. The van der Waals surface area contributed by atoms with Crippen molar-refractivity contribution in [3.63, 3.8) is 0 Å². The van der Waals surface area contributed by atoms with Gasteiger partial charge in [-0.25, -0.2) is 0 Å². The summed E-state index contributed by atoms with van der Waals surface area (Å²) in [5, 5.41) is 13.7. The molecule has 3 atom stereocenters. The van der Waals surface area contributed by atoms with Gasteiger partial charge in [-0.05, 0) is 50.5 Å². The molecular weight excluding hydrogens is 162 g/mol. The molecule has 2 aliphatic rings. The highest BCUT2D eigenvalue weighted by Gasteiger charge is 2.49. The minimum Gasteiger partial charge on any atom is -0.388 e. The van der Waals surface area contributed by atoms with Crippen molar-refractivity contribution < 1.29 is 5.11 Å². The molecule has 13 heavy (non-hydrogen) atoms. The van der Waals surface area contributed by atoms with E-state index in [4.69, 9.17) is 0 Å². The van der Waals surface area contributed by atoms with Crippen LogP contribution in [0.5, 0.6) is 0 Å². The van der Waals surface area contributed by atoms with E-state index in [-0.39, 0.29) is 5.60 Å². The number of aliphatic hydroxyl groups is 1. The predicted molar refractivity (Wildman–Crippen MR) is 53.6 cm³/mol. The first kappa shape index (κ1) is 9.47. The van der Waals surface area contributed by atoms with Crippen molar-refractivity contribution >= 4 is 0 Å². The van der Waals surface area contributed by atoms with E-state index in [0.29, 0.717) is 5.92 Å². The number of fused-ring (bicyclic) bond motifs is 2. The number of nitrogens with one attached hydrogen (secondary N) is 1. The van der Waals surface area contributed by atoms with E-state index >= 15 is 0 Å². The first-order chi connectivity index (χ1) is 6.24. The van der Waals surface area contributed by atoms with Crippen LogP contribution in [-0.2, 0) is 0 Å². The van der Waals surface area contributed by atoms with Crippen molar-refractivity contribution in [2.75, 3.05) is 13.1 Å². The Balaban J connectivity index is 1.83. The van der Waals surface area contributed by atoms with Crippen LogP contribution >= 0.6 is 0 Å². The molecule has 2 aliphatic carbocycles. The molecule has 2 rings (SSSR count). The Hall–Kier alpha value is -0.0800. The Kier molecular flexibility index (Phi) is 2.61. The van der Waals surface area contributed by atoms with E-state index < -0.39 is 0 Å². The minimum atomic E-state index is -0.349. The Labute approximate surface area is 80.7 Å². The highest BCUT2D eigenvalue weighted by atomic mass is 16.3. The van der Waals surface area contributed by atoms with Crippen LogP contribution in [0.2, 0.25) is 0 Å². The van der Waals surface area contributed by atoms with E-state index in [1.807, 2.05) is 0 Å². The fourth-order valence-corrected chi connectivity index (χ4v) is 3.11. The Morgan fingerprint density at radius 2 is 2.31 bits per heavy atom. The highest BCUT2D eigenvalue weighted by molar-refractivity contribution is 5.02. The van der Waals surface area contributed by atoms with Gasteiger partial charge in [0.2, 0.25) is 0 Å².